The summed E-state index contributed by atoms with van der Waals surface area (Å²) in [7, 11) is 1.97. The largest absolute Gasteiger partial charge is 0.329 e. The van der Waals surface area contributed by atoms with E-state index in [9.17, 15) is 0 Å². The van der Waals surface area contributed by atoms with Crippen LogP contribution in [0, 0.1) is 0 Å². The van der Waals surface area contributed by atoms with Crippen molar-refractivity contribution in [2.75, 3.05) is 0 Å². The molecule has 0 aliphatic rings. The van der Waals surface area contributed by atoms with Crippen LogP contribution in [0.4, 0.5) is 0 Å². The molecule has 2 aromatic heterocycles. The average Bonchev–Trinajstić information content (AvgIpc) is 2.66. The zero-order valence-electron chi connectivity index (χ0n) is 8.42. The fourth-order valence-corrected chi connectivity index (χ4v) is 1.92. The maximum atomic E-state index is 5.47. The Morgan fingerprint density at radius 1 is 1.40 bits per heavy atom. The molecule has 5 heteroatoms. The van der Waals surface area contributed by atoms with Crippen molar-refractivity contribution >= 4 is 11.8 Å². The Labute approximate surface area is 92.5 Å². The molecule has 4 nitrogen and oxygen atoms in total. The van der Waals surface area contributed by atoms with Gasteiger partial charge in [0, 0.05) is 37.1 Å². The minimum atomic E-state index is 0.480. The van der Waals surface area contributed by atoms with E-state index >= 15 is 0 Å². The number of rotatable bonds is 3. The highest BCUT2D eigenvalue weighted by Gasteiger charge is 2.02. The van der Waals surface area contributed by atoms with Gasteiger partial charge in [0.05, 0.1) is 5.69 Å². The second-order valence-electron chi connectivity index (χ2n) is 3.11. The van der Waals surface area contributed by atoms with Gasteiger partial charge < -0.3 is 10.3 Å². The van der Waals surface area contributed by atoms with Crippen LogP contribution in [0.5, 0.6) is 0 Å². The molecule has 0 fully saturated rings. The van der Waals surface area contributed by atoms with Gasteiger partial charge in [0.2, 0.25) is 0 Å². The van der Waals surface area contributed by atoms with Crippen molar-refractivity contribution in [2.24, 2.45) is 12.8 Å². The van der Waals surface area contributed by atoms with Crippen LogP contribution in [0.15, 0.2) is 40.8 Å². The van der Waals surface area contributed by atoms with Crippen molar-refractivity contribution in [3.8, 4) is 0 Å². The smallest absolute Gasteiger partial charge is 0.172 e. The molecule has 0 saturated carbocycles. The van der Waals surface area contributed by atoms with E-state index in [4.69, 9.17) is 5.73 Å². The first-order valence-electron chi connectivity index (χ1n) is 4.60. The van der Waals surface area contributed by atoms with E-state index in [1.54, 1.807) is 18.0 Å². The van der Waals surface area contributed by atoms with E-state index in [0.29, 0.717) is 6.54 Å². The lowest BCUT2D eigenvalue weighted by Gasteiger charge is -2.01. The van der Waals surface area contributed by atoms with E-state index in [-0.39, 0.29) is 0 Å². The summed E-state index contributed by atoms with van der Waals surface area (Å²) in [6.07, 6.45) is 5.52. The normalized spacial score (nSPS) is 10.5. The minimum Gasteiger partial charge on any atom is -0.329 e. The summed E-state index contributed by atoms with van der Waals surface area (Å²) in [5.74, 6) is 0. The van der Waals surface area contributed by atoms with Gasteiger partial charge in [-0.3, -0.25) is 4.98 Å². The van der Waals surface area contributed by atoms with E-state index in [2.05, 4.69) is 9.97 Å². The van der Waals surface area contributed by atoms with E-state index < -0.39 is 0 Å². The predicted octanol–water partition coefficient (Wildman–Crippen LogP) is 1.43. The van der Waals surface area contributed by atoms with Gasteiger partial charge in [-0.25, -0.2) is 4.98 Å². The zero-order chi connectivity index (χ0) is 10.7. The molecule has 2 N–H and O–H groups in total. The maximum absolute atomic E-state index is 5.47. The van der Waals surface area contributed by atoms with Gasteiger partial charge in [0.15, 0.2) is 5.16 Å². The molecular weight excluding hydrogens is 208 g/mol. The van der Waals surface area contributed by atoms with Crippen molar-refractivity contribution in [2.45, 2.75) is 16.6 Å². The lowest BCUT2D eigenvalue weighted by atomic mass is 10.4. The van der Waals surface area contributed by atoms with E-state index in [0.717, 1.165) is 15.7 Å². The minimum absolute atomic E-state index is 0.480. The first-order valence-corrected chi connectivity index (χ1v) is 5.41. The number of imidazole rings is 1. The highest BCUT2D eigenvalue weighted by molar-refractivity contribution is 7.99. The number of aromatic nitrogens is 3. The summed E-state index contributed by atoms with van der Waals surface area (Å²) >= 11 is 1.59. The van der Waals surface area contributed by atoms with Crippen LogP contribution >= 0.6 is 11.8 Å². The van der Waals surface area contributed by atoms with Gasteiger partial charge in [-0.15, -0.1) is 0 Å². The fourth-order valence-electron chi connectivity index (χ4n) is 1.15. The monoisotopic (exact) mass is 220 g/mol. The Balaban J connectivity index is 2.14. The molecule has 0 aliphatic carbocycles. The fraction of sp³-hybridized carbons (Fsp3) is 0.200. The molecule has 15 heavy (non-hydrogen) atoms. The highest BCUT2D eigenvalue weighted by atomic mass is 32.2. The van der Waals surface area contributed by atoms with Crippen LogP contribution in [0.3, 0.4) is 0 Å². The zero-order valence-corrected chi connectivity index (χ0v) is 9.24. The van der Waals surface area contributed by atoms with Gasteiger partial charge in [0.1, 0.15) is 0 Å². The lowest BCUT2D eigenvalue weighted by Crippen LogP contribution is -1.98. The number of hydrogen-bond donors (Lipinski definition) is 1. The number of hydrogen-bond acceptors (Lipinski definition) is 4. The molecule has 0 aromatic carbocycles. The van der Waals surface area contributed by atoms with Crippen LogP contribution in [0.25, 0.3) is 0 Å². The average molecular weight is 220 g/mol. The Hall–Kier alpha value is -1.33. The molecular formula is C10H12N4S. The topological polar surface area (TPSA) is 56.7 Å². The highest BCUT2D eigenvalue weighted by Crippen LogP contribution is 2.24. The van der Waals surface area contributed by atoms with Crippen LogP contribution in [-0.2, 0) is 13.6 Å². The lowest BCUT2D eigenvalue weighted by molar-refractivity contribution is 0.790. The van der Waals surface area contributed by atoms with Crippen LogP contribution in [-0.4, -0.2) is 14.5 Å². The third-order valence-electron chi connectivity index (χ3n) is 1.99. The molecule has 0 radical (unpaired) electrons. The third kappa shape index (κ3) is 2.37. The van der Waals surface area contributed by atoms with E-state index in [1.807, 2.05) is 36.1 Å². The van der Waals surface area contributed by atoms with E-state index in [1.165, 1.54) is 0 Å². The molecule has 0 atom stereocenters. The van der Waals surface area contributed by atoms with Crippen molar-refractivity contribution in [3.63, 3.8) is 0 Å². The predicted molar refractivity (Wildman–Crippen MR) is 59.5 cm³/mol. The number of aryl methyl sites for hydroxylation is 1. The maximum Gasteiger partial charge on any atom is 0.172 e. The second kappa shape index (κ2) is 4.46. The van der Waals surface area contributed by atoms with Gasteiger partial charge in [-0.2, -0.15) is 0 Å². The summed E-state index contributed by atoms with van der Waals surface area (Å²) in [6, 6.07) is 3.94. The molecule has 0 amide bonds. The Morgan fingerprint density at radius 3 is 2.80 bits per heavy atom. The molecule has 0 bridgehead atoms. The molecule has 0 saturated heterocycles. The van der Waals surface area contributed by atoms with Crippen molar-refractivity contribution in [1.29, 1.82) is 0 Å². The van der Waals surface area contributed by atoms with Crippen LogP contribution in [0.2, 0.25) is 0 Å². The number of nitrogens with two attached hydrogens (primary N) is 1. The van der Waals surface area contributed by atoms with Crippen LogP contribution < -0.4 is 5.73 Å². The van der Waals surface area contributed by atoms with Crippen LogP contribution in [0.1, 0.15) is 5.69 Å². The van der Waals surface area contributed by atoms with Gasteiger partial charge in [0.25, 0.3) is 0 Å². The molecule has 2 aromatic rings. The third-order valence-corrected chi connectivity index (χ3v) is 3.05. The quantitative estimate of drug-likeness (QED) is 0.850. The first kappa shape index (κ1) is 10.2. The Kier molecular flexibility index (Phi) is 3.03. The molecule has 0 unspecified atom stereocenters. The number of nitrogens with zero attached hydrogens (tertiary/aromatic N) is 3. The second-order valence-corrected chi connectivity index (χ2v) is 4.15. The van der Waals surface area contributed by atoms with Gasteiger partial charge >= 0.3 is 0 Å². The first-order chi connectivity index (χ1) is 7.29. The molecule has 78 valence electrons. The standard InChI is InChI=1S/C10H12N4S/c1-14-5-4-12-10(14)15-9-3-2-8(6-11)13-7-9/h2-5,7H,6,11H2,1H3. The van der Waals surface area contributed by atoms with Crippen molar-refractivity contribution in [1.82, 2.24) is 14.5 Å². The molecule has 0 aliphatic heterocycles. The SMILES string of the molecule is Cn1ccnc1Sc1ccc(CN)nc1. The Bertz CT molecular complexity index is 435. The Morgan fingerprint density at radius 2 is 2.27 bits per heavy atom. The van der Waals surface area contributed by atoms with Crippen molar-refractivity contribution in [3.05, 3.63) is 36.4 Å². The van der Waals surface area contributed by atoms with Gasteiger partial charge in [-0.05, 0) is 12.1 Å². The summed E-state index contributed by atoms with van der Waals surface area (Å²) < 4.78 is 1.97. The number of pyridine rings is 1. The summed E-state index contributed by atoms with van der Waals surface area (Å²) in [5, 5.41) is 0.956. The van der Waals surface area contributed by atoms with Gasteiger partial charge in [-0.1, -0.05) is 11.8 Å². The molecule has 0 spiro atoms. The molecule has 2 heterocycles. The summed E-state index contributed by atoms with van der Waals surface area (Å²) in [6.45, 7) is 0.480. The molecule has 2 rings (SSSR count). The summed E-state index contributed by atoms with van der Waals surface area (Å²) in [4.78, 5) is 9.52. The summed E-state index contributed by atoms with van der Waals surface area (Å²) in [5.41, 5.74) is 6.38. The van der Waals surface area contributed by atoms with Crippen molar-refractivity contribution < 1.29 is 0 Å².